The van der Waals surface area contributed by atoms with Gasteiger partial charge in [-0.1, -0.05) is 35.5 Å². The van der Waals surface area contributed by atoms with Crippen molar-refractivity contribution in [1.82, 2.24) is 19.7 Å². The topological polar surface area (TPSA) is 97.3 Å². The normalized spacial score (nSPS) is 19.3. The fourth-order valence-corrected chi connectivity index (χ4v) is 5.04. The molecule has 1 aromatic carbocycles. The minimum Gasteiger partial charge on any atom is -0.369 e. The second-order valence-electron chi connectivity index (χ2n) is 7.63. The van der Waals surface area contributed by atoms with E-state index in [9.17, 15) is 9.59 Å². The van der Waals surface area contributed by atoms with Gasteiger partial charge in [-0.05, 0) is 37.8 Å². The number of carbonyl (C=O) groups excluding carboxylic acids is 2. The zero-order valence-corrected chi connectivity index (χ0v) is 18.2. The van der Waals surface area contributed by atoms with Gasteiger partial charge >= 0.3 is 0 Å². The quantitative estimate of drug-likeness (QED) is 0.681. The maximum absolute atomic E-state index is 12.8. The van der Waals surface area contributed by atoms with Gasteiger partial charge in [0.05, 0.1) is 22.4 Å². The second-order valence-corrected chi connectivity index (χ2v) is 8.98. The molecule has 3 heterocycles. The maximum atomic E-state index is 12.8. The maximum Gasteiger partial charge on any atom is 0.233 e. The fraction of sp³-hybridized carbons (Fsp3) is 0.500. The standard InChI is InChI=1S/C20H25ClN6O2S/c21-15-7-1-2-8-16(15)27-19(25-9-3-4-10-25)23-24-20(27)30-13-17(28)26-11-5-6-14(12-26)18(22)29/h1-2,7-8,14H,3-6,9-13H2,(H2,22,29)/t14-/m1/s1. The number of nitrogens with zero attached hydrogens (tertiary/aromatic N) is 5. The molecule has 0 bridgehead atoms. The van der Waals surface area contributed by atoms with Crippen molar-refractivity contribution in [2.24, 2.45) is 11.7 Å². The Labute approximate surface area is 184 Å². The third kappa shape index (κ3) is 4.41. The SMILES string of the molecule is NC(=O)[C@@H]1CCCN(C(=O)CSc2nnc(N3CCCC3)n2-c2ccccc2Cl)C1. The second kappa shape index (κ2) is 9.26. The van der Waals surface area contributed by atoms with Crippen molar-refractivity contribution < 1.29 is 9.59 Å². The molecule has 1 atom stereocenters. The highest BCUT2D eigenvalue weighted by molar-refractivity contribution is 7.99. The molecule has 4 rings (SSSR count). The van der Waals surface area contributed by atoms with E-state index in [2.05, 4.69) is 15.1 Å². The average molecular weight is 449 g/mol. The van der Waals surface area contributed by atoms with Crippen LogP contribution in [0.15, 0.2) is 29.4 Å². The van der Waals surface area contributed by atoms with Gasteiger partial charge in [0.2, 0.25) is 17.8 Å². The Morgan fingerprint density at radius 3 is 2.63 bits per heavy atom. The van der Waals surface area contributed by atoms with E-state index in [-0.39, 0.29) is 23.5 Å². The Hall–Kier alpha value is -2.26. The van der Waals surface area contributed by atoms with Gasteiger partial charge in [0.15, 0.2) is 5.16 Å². The summed E-state index contributed by atoms with van der Waals surface area (Å²) in [6.07, 6.45) is 3.77. The van der Waals surface area contributed by atoms with E-state index >= 15 is 0 Å². The molecule has 2 saturated heterocycles. The van der Waals surface area contributed by atoms with Crippen molar-refractivity contribution in [3.63, 3.8) is 0 Å². The molecule has 2 N–H and O–H groups in total. The number of anilines is 1. The van der Waals surface area contributed by atoms with Gasteiger partial charge < -0.3 is 15.5 Å². The molecule has 160 valence electrons. The summed E-state index contributed by atoms with van der Waals surface area (Å²) in [5.74, 6) is 0.341. The van der Waals surface area contributed by atoms with Gasteiger partial charge in [-0.3, -0.25) is 14.2 Å². The molecular weight excluding hydrogens is 424 g/mol. The lowest BCUT2D eigenvalue weighted by Gasteiger charge is -2.31. The molecule has 0 radical (unpaired) electrons. The summed E-state index contributed by atoms with van der Waals surface area (Å²) >= 11 is 7.81. The third-order valence-corrected chi connectivity index (χ3v) is 6.83. The molecule has 1 aromatic heterocycles. The summed E-state index contributed by atoms with van der Waals surface area (Å²) in [6.45, 7) is 2.90. The number of rotatable bonds is 6. The fourth-order valence-electron chi connectivity index (χ4n) is 3.98. The van der Waals surface area contributed by atoms with Crippen molar-refractivity contribution in [1.29, 1.82) is 0 Å². The Morgan fingerprint density at radius 1 is 1.13 bits per heavy atom. The number of halogens is 1. The van der Waals surface area contributed by atoms with E-state index in [0.717, 1.165) is 50.4 Å². The number of hydrogen-bond acceptors (Lipinski definition) is 6. The van der Waals surface area contributed by atoms with Crippen LogP contribution in [0.3, 0.4) is 0 Å². The number of hydrogen-bond donors (Lipinski definition) is 1. The van der Waals surface area contributed by atoms with Gasteiger partial charge in [-0.25, -0.2) is 0 Å². The first kappa shape index (κ1) is 21.0. The first-order valence-electron chi connectivity index (χ1n) is 10.2. The molecule has 2 fully saturated rings. The molecule has 2 aliphatic rings. The lowest BCUT2D eigenvalue weighted by Crippen LogP contribution is -2.44. The summed E-state index contributed by atoms with van der Waals surface area (Å²) in [6, 6.07) is 7.57. The summed E-state index contributed by atoms with van der Waals surface area (Å²) in [7, 11) is 0. The van der Waals surface area contributed by atoms with Crippen LogP contribution < -0.4 is 10.6 Å². The van der Waals surface area contributed by atoms with Crippen LogP contribution >= 0.6 is 23.4 Å². The Balaban J connectivity index is 1.53. The van der Waals surface area contributed by atoms with E-state index in [1.54, 1.807) is 4.90 Å². The third-order valence-electron chi connectivity index (χ3n) is 5.60. The zero-order valence-electron chi connectivity index (χ0n) is 16.7. The lowest BCUT2D eigenvalue weighted by molar-refractivity contribution is -0.132. The summed E-state index contributed by atoms with van der Waals surface area (Å²) in [5.41, 5.74) is 6.23. The number of para-hydroxylation sites is 1. The highest BCUT2D eigenvalue weighted by atomic mass is 35.5. The van der Waals surface area contributed by atoms with Crippen LogP contribution in [-0.4, -0.2) is 63.4 Å². The minimum atomic E-state index is -0.339. The van der Waals surface area contributed by atoms with Gasteiger partial charge in [0, 0.05) is 26.2 Å². The summed E-state index contributed by atoms with van der Waals surface area (Å²) < 4.78 is 1.94. The highest BCUT2D eigenvalue weighted by Gasteiger charge is 2.28. The summed E-state index contributed by atoms with van der Waals surface area (Å²) in [4.78, 5) is 28.2. The molecule has 0 saturated carbocycles. The molecule has 2 aromatic rings. The number of amides is 2. The van der Waals surface area contributed by atoms with Gasteiger partial charge in [0.1, 0.15) is 0 Å². The Kier molecular flexibility index (Phi) is 6.48. The first-order valence-corrected chi connectivity index (χ1v) is 11.6. The molecule has 2 amide bonds. The van der Waals surface area contributed by atoms with Gasteiger partial charge in [-0.15, -0.1) is 10.2 Å². The Bertz CT molecular complexity index is 930. The van der Waals surface area contributed by atoms with Crippen LogP contribution in [0.5, 0.6) is 0 Å². The predicted octanol–water partition coefficient (Wildman–Crippen LogP) is 2.34. The molecule has 2 aliphatic heterocycles. The summed E-state index contributed by atoms with van der Waals surface area (Å²) in [5, 5.41) is 10.0. The molecule has 0 unspecified atom stereocenters. The molecule has 10 heteroatoms. The largest absolute Gasteiger partial charge is 0.369 e. The molecule has 0 aliphatic carbocycles. The highest BCUT2D eigenvalue weighted by Crippen LogP contribution is 2.32. The number of likely N-dealkylation sites (tertiary alicyclic amines) is 1. The van der Waals surface area contributed by atoms with Crippen LogP contribution in [0.25, 0.3) is 5.69 Å². The zero-order chi connectivity index (χ0) is 21.1. The van der Waals surface area contributed by atoms with E-state index in [1.807, 2.05) is 28.8 Å². The van der Waals surface area contributed by atoms with E-state index < -0.39 is 0 Å². The van der Waals surface area contributed by atoms with Crippen molar-refractivity contribution in [2.45, 2.75) is 30.8 Å². The van der Waals surface area contributed by atoms with E-state index in [0.29, 0.717) is 23.3 Å². The molecule has 0 spiro atoms. The number of carbonyl (C=O) groups is 2. The predicted molar refractivity (Wildman–Crippen MR) is 117 cm³/mol. The van der Waals surface area contributed by atoms with E-state index in [1.165, 1.54) is 11.8 Å². The number of aromatic nitrogens is 3. The van der Waals surface area contributed by atoms with Crippen LogP contribution in [-0.2, 0) is 9.59 Å². The smallest absolute Gasteiger partial charge is 0.233 e. The minimum absolute atomic E-state index is 0.0256. The van der Waals surface area contributed by atoms with Crippen LogP contribution in [0.4, 0.5) is 5.95 Å². The van der Waals surface area contributed by atoms with Crippen LogP contribution in [0.1, 0.15) is 25.7 Å². The Morgan fingerprint density at radius 2 is 1.90 bits per heavy atom. The van der Waals surface area contributed by atoms with Crippen LogP contribution in [0, 0.1) is 5.92 Å². The van der Waals surface area contributed by atoms with Gasteiger partial charge in [0.25, 0.3) is 0 Å². The van der Waals surface area contributed by atoms with Crippen molar-refractivity contribution in [3.05, 3.63) is 29.3 Å². The first-order chi connectivity index (χ1) is 14.5. The molecule has 8 nitrogen and oxygen atoms in total. The average Bonchev–Trinajstić information content (AvgIpc) is 3.42. The molecular formula is C20H25ClN6O2S. The number of piperidine rings is 1. The monoisotopic (exact) mass is 448 g/mol. The van der Waals surface area contributed by atoms with Crippen molar-refractivity contribution >= 4 is 41.1 Å². The van der Waals surface area contributed by atoms with Crippen molar-refractivity contribution in [3.8, 4) is 5.69 Å². The lowest BCUT2D eigenvalue weighted by atomic mass is 9.97. The van der Waals surface area contributed by atoms with E-state index in [4.69, 9.17) is 17.3 Å². The van der Waals surface area contributed by atoms with Gasteiger partial charge in [-0.2, -0.15) is 0 Å². The van der Waals surface area contributed by atoms with Crippen molar-refractivity contribution in [2.75, 3.05) is 36.8 Å². The number of thioether (sulfide) groups is 1. The number of nitrogens with two attached hydrogens (primary N) is 1. The number of benzene rings is 1. The number of primary amides is 1. The molecule has 30 heavy (non-hydrogen) atoms. The van der Waals surface area contributed by atoms with Crippen LogP contribution in [0.2, 0.25) is 5.02 Å².